The minimum Gasteiger partial charge on any atom is -0.476 e. The zero-order chi connectivity index (χ0) is 12.1. The topological polar surface area (TPSA) is 48.1 Å². The van der Waals surface area contributed by atoms with Crippen LogP contribution in [0.2, 0.25) is 5.02 Å². The third kappa shape index (κ3) is 3.33. The monoisotopic (exact) mass is 254 g/mol. The lowest BCUT2D eigenvalue weighted by Crippen LogP contribution is -2.16. The van der Waals surface area contributed by atoms with Gasteiger partial charge in [-0.25, -0.2) is 4.98 Å². The standard InChI is InChI=1S/C13H19ClN2O/c14-12-11(8-15)6-7-16-13(12)17-9-10-4-2-1-3-5-10/h6-7,10H,1-5,8-9,15H2. The van der Waals surface area contributed by atoms with Gasteiger partial charge in [-0.15, -0.1) is 0 Å². The van der Waals surface area contributed by atoms with E-state index in [-0.39, 0.29) is 0 Å². The van der Waals surface area contributed by atoms with Crippen LogP contribution < -0.4 is 10.5 Å². The Morgan fingerprint density at radius 2 is 2.12 bits per heavy atom. The maximum absolute atomic E-state index is 6.16. The normalized spacial score (nSPS) is 17.1. The van der Waals surface area contributed by atoms with Gasteiger partial charge < -0.3 is 10.5 Å². The first-order chi connectivity index (χ1) is 8.31. The minimum absolute atomic E-state index is 0.418. The van der Waals surface area contributed by atoms with Crippen LogP contribution in [0.15, 0.2) is 12.3 Å². The molecule has 0 atom stereocenters. The molecule has 3 nitrogen and oxygen atoms in total. The summed E-state index contributed by atoms with van der Waals surface area (Å²) in [4.78, 5) is 4.16. The smallest absolute Gasteiger partial charge is 0.232 e. The average molecular weight is 255 g/mol. The van der Waals surface area contributed by atoms with Gasteiger partial charge in [0.15, 0.2) is 0 Å². The average Bonchev–Trinajstić information content (AvgIpc) is 2.39. The van der Waals surface area contributed by atoms with Crippen LogP contribution in [0.1, 0.15) is 37.7 Å². The Labute approximate surface area is 107 Å². The first-order valence-electron chi connectivity index (χ1n) is 6.27. The molecule has 17 heavy (non-hydrogen) atoms. The van der Waals surface area contributed by atoms with Crippen molar-refractivity contribution in [3.63, 3.8) is 0 Å². The van der Waals surface area contributed by atoms with Crippen molar-refractivity contribution in [2.75, 3.05) is 6.61 Å². The Hall–Kier alpha value is -0.800. The van der Waals surface area contributed by atoms with Gasteiger partial charge in [-0.05, 0) is 30.4 Å². The highest BCUT2D eigenvalue weighted by Gasteiger charge is 2.15. The molecule has 1 aliphatic rings. The van der Waals surface area contributed by atoms with Crippen LogP contribution >= 0.6 is 11.6 Å². The molecular weight excluding hydrogens is 236 g/mol. The number of rotatable bonds is 4. The van der Waals surface area contributed by atoms with Gasteiger partial charge in [0.1, 0.15) is 5.02 Å². The Morgan fingerprint density at radius 3 is 2.82 bits per heavy atom. The molecule has 1 aliphatic carbocycles. The van der Waals surface area contributed by atoms with Gasteiger partial charge >= 0.3 is 0 Å². The predicted octanol–water partition coefficient (Wildman–Crippen LogP) is 3.15. The SMILES string of the molecule is NCc1ccnc(OCC2CCCCC2)c1Cl. The van der Waals surface area contributed by atoms with E-state index in [0.29, 0.717) is 23.4 Å². The van der Waals surface area contributed by atoms with Crippen LogP contribution in [-0.2, 0) is 6.54 Å². The van der Waals surface area contributed by atoms with Gasteiger partial charge in [0.2, 0.25) is 5.88 Å². The highest BCUT2D eigenvalue weighted by atomic mass is 35.5. The van der Waals surface area contributed by atoms with Crippen molar-refractivity contribution in [3.8, 4) is 5.88 Å². The van der Waals surface area contributed by atoms with E-state index in [0.717, 1.165) is 12.2 Å². The van der Waals surface area contributed by atoms with E-state index in [4.69, 9.17) is 22.1 Å². The van der Waals surface area contributed by atoms with Crippen molar-refractivity contribution in [1.82, 2.24) is 4.98 Å². The molecule has 0 bridgehead atoms. The fraction of sp³-hybridized carbons (Fsp3) is 0.615. The number of ether oxygens (including phenoxy) is 1. The van der Waals surface area contributed by atoms with Crippen LogP contribution in [0.3, 0.4) is 0 Å². The molecule has 0 amide bonds. The Balaban J connectivity index is 1.93. The highest BCUT2D eigenvalue weighted by Crippen LogP contribution is 2.28. The van der Waals surface area contributed by atoms with Gasteiger partial charge in [-0.2, -0.15) is 0 Å². The molecule has 1 aromatic heterocycles. The fourth-order valence-corrected chi connectivity index (χ4v) is 2.51. The van der Waals surface area contributed by atoms with Crippen molar-refractivity contribution in [2.24, 2.45) is 11.7 Å². The molecule has 2 N–H and O–H groups in total. The summed E-state index contributed by atoms with van der Waals surface area (Å²) in [5, 5.41) is 0.561. The summed E-state index contributed by atoms with van der Waals surface area (Å²) >= 11 is 6.16. The van der Waals surface area contributed by atoms with Crippen molar-refractivity contribution < 1.29 is 4.74 Å². The van der Waals surface area contributed by atoms with Gasteiger partial charge in [-0.3, -0.25) is 0 Å². The Kier molecular flexibility index (Phi) is 4.63. The van der Waals surface area contributed by atoms with E-state index < -0.39 is 0 Å². The fourth-order valence-electron chi connectivity index (χ4n) is 2.27. The summed E-state index contributed by atoms with van der Waals surface area (Å²) in [7, 11) is 0. The molecule has 0 aliphatic heterocycles. The Bertz CT molecular complexity index is 364. The molecule has 94 valence electrons. The van der Waals surface area contributed by atoms with E-state index in [1.807, 2.05) is 6.07 Å². The molecule has 1 saturated carbocycles. The number of hydrogen-bond acceptors (Lipinski definition) is 3. The number of aromatic nitrogens is 1. The summed E-state index contributed by atoms with van der Waals surface area (Å²) in [5.74, 6) is 1.18. The lowest BCUT2D eigenvalue weighted by atomic mass is 9.90. The lowest BCUT2D eigenvalue weighted by molar-refractivity contribution is 0.203. The largest absolute Gasteiger partial charge is 0.476 e. The van der Waals surface area contributed by atoms with E-state index >= 15 is 0 Å². The zero-order valence-electron chi connectivity index (χ0n) is 9.99. The van der Waals surface area contributed by atoms with Crippen LogP contribution in [0.25, 0.3) is 0 Å². The van der Waals surface area contributed by atoms with E-state index in [1.54, 1.807) is 6.20 Å². The number of hydrogen-bond donors (Lipinski definition) is 1. The van der Waals surface area contributed by atoms with Gasteiger partial charge in [0.25, 0.3) is 0 Å². The van der Waals surface area contributed by atoms with Crippen molar-refractivity contribution >= 4 is 11.6 Å². The number of halogens is 1. The maximum Gasteiger partial charge on any atom is 0.232 e. The number of nitrogens with zero attached hydrogens (tertiary/aromatic N) is 1. The van der Waals surface area contributed by atoms with E-state index in [9.17, 15) is 0 Å². The van der Waals surface area contributed by atoms with E-state index in [2.05, 4.69) is 4.98 Å². The van der Waals surface area contributed by atoms with E-state index in [1.165, 1.54) is 32.1 Å². The number of nitrogens with two attached hydrogens (primary N) is 1. The molecular formula is C13H19ClN2O. The van der Waals surface area contributed by atoms with Gasteiger partial charge in [0.05, 0.1) is 6.61 Å². The molecule has 1 heterocycles. The predicted molar refractivity (Wildman–Crippen MR) is 69.2 cm³/mol. The van der Waals surface area contributed by atoms with Crippen molar-refractivity contribution in [1.29, 1.82) is 0 Å². The maximum atomic E-state index is 6.16. The zero-order valence-corrected chi connectivity index (χ0v) is 10.7. The molecule has 2 rings (SSSR count). The minimum atomic E-state index is 0.418. The second-order valence-electron chi connectivity index (χ2n) is 4.61. The molecule has 0 aromatic carbocycles. The van der Waals surface area contributed by atoms with Crippen molar-refractivity contribution in [2.45, 2.75) is 38.6 Å². The van der Waals surface area contributed by atoms with Crippen LogP contribution in [-0.4, -0.2) is 11.6 Å². The molecule has 0 unspecified atom stereocenters. The van der Waals surface area contributed by atoms with Crippen LogP contribution in [0.4, 0.5) is 0 Å². The van der Waals surface area contributed by atoms with Crippen LogP contribution in [0.5, 0.6) is 5.88 Å². The lowest BCUT2D eigenvalue weighted by Gasteiger charge is -2.21. The quantitative estimate of drug-likeness (QED) is 0.898. The molecule has 0 radical (unpaired) electrons. The molecule has 1 aromatic rings. The van der Waals surface area contributed by atoms with Crippen molar-refractivity contribution in [3.05, 3.63) is 22.8 Å². The summed E-state index contributed by atoms with van der Waals surface area (Å²) in [6, 6.07) is 1.83. The number of pyridine rings is 1. The summed E-state index contributed by atoms with van der Waals surface area (Å²) in [6.45, 7) is 1.14. The summed E-state index contributed by atoms with van der Waals surface area (Å²) in [5.41, 5.74) is 6.48. The molecule has 1 fully saturated rings. The first-order valence-corrected chi connectivity index (χ1v) is 6.65. The third-order valence-corrected chi connectivity index (χ3v) is 3.74. The molecule has 0 saturated heterocycles. The third-order valence-electron chi connectivity index (χ3n) is 3.34. The molecule has 4 heteroatoms. The van der Waals surface area contributed by atoms with Gasteiger partial charge in [-0.1, -0.05) is 30.9 Å². The molecule has 0 spiro atoms. The Morgan fingerprint density at radius 1 is 1.35 bits per heavy atom. The summed E-state index contributed by atoms with van der Waals surface area (Å²) in [6.07, 6.45) is 8.21. The highest BCUT2D eigenvalue weighted by molar-refractivity contribution is 6.32. The second-order valence-corrected chi connectivity index (χ2v) is 4.99. The summed E-state index contributed by atoms with van der Waals surface area (Å²) < 4.78 is 5.72. The second kappa shape index (κ2) is 6.22. The first kappa shape index (κ1) is 12.7. The van der Waals surface area contributed by atoms with Crippen LogP contribution in [0, 0.1) is 5.92 Å². The van der Waals surface area contributed by atoms with Gasteiger partial charge in [0, 0.05) is 12.7 Å².